The van der Waals surface area contributed by atoms with Gasteiger partial charge in [-0.25, -0.2) is 0 Å². The summed E-state index contributed by atoms with van der Waals surface area (Å²) in [4.78, 5) is 0. The average Bonchev–Trinajstić information content (AvgIpc) is 2.28. The summed E-state index contributed by atoms with van der Waals surface area (Å²) in [6, 6.07) is 9.79. The van der Waals surface area contributed by atoms with Crippen LogP contribution in [0.3, 0.4) is 0 Å². The predicted molar refractivity (Wildman–Crippen MR) is 75.8 cm³/mol. The molecule has 1 fully saturated rings. The molecule has 1 aliphatic rings. The molecule has 1 aliphatic heterocycles. The molecule has 2 unspecified atom stereocenters. The van der Waals surface area contributed by atoms with Crippen LogP contribution in [0.2, 0.25) is 0 Å². The Labute approximate surface area is 111 Å². The molecule has 2 rings (SSSR count). The first-order valence-electron chi connectivity index (χ1n) is 7.02. The molecule has 0 bridgehead atoms. The summed E-state index contributed by atoms with van der Waals surface area (Å²) in [5.41, 5.74) is 2.69. The number of hydrogen-bond acceptors (Lipinski definition) is 2. The molecular weight excluding hydrogens is 222 g/mol. The fraction of sp³-hybridized carbons (Fsp3) is 0.625. The van der Waals surface area contributed by atoms with E-state index in [1.807, 2.05) is 0 Å². The number of rotatable bonds is 3. The average molecular weight is 247 g/mol. The van der Waals surface area contributed by atoms with Crippen molar-refractivity contribution >= 4 is 0 Å². The van der Waals surface area contributed by atoms with Gasteiger partial charge in [0.1, 0.15) is 0 Å². The lowest BCUT2D eigenvalue weighted by Gasteiger charge is -2.34. The minimum atomic E-state index is 0.372. The number of hydrogen-bond donors (Lipinski definition) is 1. The highest BCUT2D eigenvalue weighted by molar-refractivity contribution is 5.23. The first kappa shape index (κ1) is 13.6. The molecule has 3 atom stereocenters. The van der Waals surface area contributed by atoms with Gasteiger partial charge in [-0.05, 0) is 46.1 Å². The monoisotopic (exact) mass is 247 g/mol. The maximum Gasteiger partial charge on any atom is 0.0565 e. The van der Waals surface area contributed by atoms with Crippen LogP contribution in [0.15, 0.2) is 24.3 Å². The van der Waals surface area contributed by atoms with E-state index in [-0.39, 0.29) is 0 Å². The maximum atomic E-state index is 5.78. The van der Waals surface area contributed by atoms with E-state index in [4.69, 9.17) is 4.74 Å². The summed E-state index contributed by atoms with van der Waals surface area (Å²) in [7, 11) is 0. The van der Waals surface area contributed by atoms with Crippen molar-refractivity contribution in [1.29, 1.82) is 0 Å². The van der Waals surface area contributed by atoms with Crippen LogP contribution in [0.25, 0.3) is 0 Å². The Morgan fingerprint density at radius 2 is 1.67 bits per heavy atom. The van der Waals surface area contributed by atoms with Gasteiger partial charge in [0.05, 0.1) is 12.2 Å². The second-order valence-electron chi connectivity index (χ2n) is 5.72. The van der Waals surface area contributed by atoms with E-state index in [2.05, 4.69) is 57.3 Å². The Kier molecular flexibility index (Phi) is 4.41. The normalized spacial score (nSPS) is 30.1. The van der Waals surface area contributed by atoms with E-state index < -0.39 is 0 Å². The zero-order valence-electron chi connectivity index (χ0n) is 11.9. The van der Waals surface area contributed by atoms with Crippen LogP contribution in [0.5, 0.6) is 0 Å². The van der Waals surface area contributed by atoms with Crippen molar-refractivity contribution in [2.75, 3.05) is 0 Å². The van der Waals surface area contributed by atoms with E-state index in [9.17, 15) is 0 Å². The molecule has 1 aromatic carbocycles. The lowest BCUT2D eigenvalue weighted by Crippen LogP contribution is -2.42. The Morgan fingerprint density at radius 1 is 1.11 bits per heavy atom. The molecule has 2 nitrogen and oxygen atoms in total. The van der Waals surface area contributed by atoms with Gasteiger partial charge in [-0.3, -0.25) is 0 Å². The highest BCUT2D eigenvalue weighted by atomic mass is 16.5. The van der Waals surface area contributed by atoms with Crippen molar-refractivity contribution < 1.29 is 4.74 Å². The molecule has 1 aromatic rings. The van der Waals surface area contributed by atoms with Gasteiger partial charge in [-0.2, -0.15) is 0 Å². The first-order chi connectivity index (χ1) is 8.54. The molecule has 0 saturated carbocycles. The van der Waals surface area contributed by atoms with E-state index in [0.717, 1.165) is 12.8 Å². The van der Waals surface area contributed by atoms with Crippen molar-refractivity contribution in [3.8, 4) is 0 Å². The quantitative estimate of drug-likeness (QED) is 0.881. The topological polar surface area (TPSA) is 21.3 Å². The van der Waals surface area contributed by atoms with Gasteiger partial charge in [-0.1, -0.05) is 29.8 Å². The molecule has 1 N–H and O–H groups in total. The van der Waals surface area contributed by atoms with E-state index >= 15 is 0 Å². The number of ether oxygens (including phenoxy) is 1. The zero-order valence-corrected chi connectivity index (χ0v) is 11.9. The molecule has 0 aliphatic carbocycles. The zero-order chi connectivity index (χ0) is 13.1. The van der Waals surface area contributed by atoms with E-state index in [1.54, 1.807) is 0 Å². The van der Waals surface area contributed by atoms with Crippen molar-refractivity contribution in [2.45, 2.75) is 64.8 Å². The molecule has 1 heterocycles. The van der Waals surface area contributed by atoms with Crippen LogP contribution in [0, 0.1) is 6.92 Å². The molecular formula is C16H25NO. The molecule has 0 amide bonds. The van der Waals surface area contributed by atoms with Crippen molar-refractivity contribution in [3.63, 3.8) is 0 Å². The summed E-state index contributed by atoms with van der Waals surface area (Å²) >= 11 is 0. The Balaban J connectivity index is 1.94. The summed E-state index contributed by atoms with van der Waals surface area (Å²) in [5.74, 6) is 0. The van der Waals surface area contributed by atoms with Crippen LogP contribution < -0.4 is 5.32 Å². The highest BCUT2D eigenvalue weighted by Crippen LogP contribution is 2.22. The van der Waals surface area contributed by atoms with E-state index in [0.29, 0.717) is 24.3 Å². The molecule has 1 saturated heterocycles. The molecule has 18 heavy (non-hydrogen) atoms. The van der Waals surface area contributed by atoms with Crippen LogP contribution in [-0.4, -0.2) is 18.2 Å². The van der Waals surface area contributed by atoms with E-state index in [1.165, 1.54) is 11.1 Å². The van der Waals surface area contributed by atoms with Gasteiger partial charge in [0.15, 0.2) is 0 Å². The van der Waals surface area contributed by atoms with Gasteiger partial charge in [0.25, 0.3) is 0 Å². The summed E-state index contributed by atoms with van der Waals surface area (Å²) in [5, 5.41) is 3.74. The second-order valence-corrected chi connectivity index (χ2v) is 5.72. The van der Waals surface area contributed by atoms with Gasteiger partial charge < -0.3 is 10.1 Å². The minimum absolute atomic E-state index is 0.372. The number of aryl methyl sites for hydroxylation is 1. The summed E-state index contributed by atoms with van der Waals surface area (Å²) in [6.07, 6.45) is 2.97. The first-order valence-corrected chi connectivity index (χ1v) is 7.02. The second kappa shape index (κ2) is 5.85. The molecule has 0 spiro atoms. The third kappa shape index (κ3) is 3.56. The third-order valence-electron chi connectivity index (χ3n) is 3.76. The minimum Gasteiger partial charge on any atom is -0.375 e. The highest BCUT2D eigenvalue weighted by Gasteiger charge is 2.25. The smallest absolute Gasteiger partial charge is 0.0565 e. The number of benzene rings is 1. The molecule has 2 heteroatoms. The van der Waals surface area contributed by atoms with Crippen LogP contribution >= 0.6 is 0 Å². The summed E-state index contributed by atoms with van der Waals surface area (Å²) < 4.78 is 5.78. The van der Waals surface area contributed by atoms with Gasteiger partial charge in [0, 0.05) is 12.1 Å². The van der Waals surface area contributed by atoms with Gasteiger partial charge in [-0.15, -0.1) is 0 Å². The van der Waals surface area contributed by atoms with Gasteiger partial charge in [0.2, 0.25) is 0 Å². The van der Waals surface area contributed by atoms with Gasteiger partial charge >= 0.3 is 0 Å². The third-order valence-corrected chi connectivity index (χ3v) is 3.76. The largest absolute Gasteiger partial charge is 0.375 e. The Bertz CT molecular complexity index is 363. The fourth-order valence-electron chi connectivity index (χ4n) is 2.85. The van der Waals surface area contributed by atoms with Crippen molar-refractivity contribution in [2.24, 2.45) is 0 Å². The Morgan fingerprint density at radius 3 is 2.22 bits per heavy atom. The standard InChI is InChI=1S/C16H25NO/c1-11-5-7-15(8-6-11)14(4)17-16-9-12(2)18-13(3)10-16/h5-8,12-14,16-17H,9-10H2,1-4H3/t12?,13?,14-,16?/m0/s1. The SMILES string of the molecule is Cc1ccc([C@H](C)NC2CC(C)OC(C)C2)cc1. The summed E-state index contributed by atoms with van der Waals surface area (Å²) in [6.45, 7) is 8.71. The maximum absolute atomic E-state index is 5.78. The molecule has 0 aromatic heterocycles. The predicted octanol–water partition coefficient (Wildman–Crippen LogP) is 3.60. The van der Waals surface area contributed by atoms with Crippen LogP contribution in [-0.2, 0) is 4.74 Å². The lowest BCUT2D eigenvalue weighted by atomic mass is 9.97. The fourth-order valence-corrected chi connectivity index (χ4v) is 2.85. The van der Waals surface area contributed by atoms with Crippen molar-refractivity contribution in [1.82, 2.24) is 5.32 Å². The molecule has 100 valence electrons. The Hall–Kier alpha value is -0.860. The van der Waals surface area contributed by atoms with Crippen molar-refractivity contribution in [3.05, 3.63) is 35.4 Å². The number of nitrogens with one attached hydrogen (secondary N) is 1. The molecule has 0 radical (unpaired) electrons. The van der Waals surface area contributed by atoms with Crippen LogP contribution in [0.4, 0.5) is 0 Å². The lowest BCUT2D eigenvalue weighted by molar-refractivity contribution is -0.0433. The van der Waals surface area contributed by atoms with Crippen LogP contribution in [0.1, 0.15) is 50.8 Å².